The summed E-state index contributed by atoms with van der Waals surface area (Å²) < 4.78 is 40.0. The first-order valence-corrected chi connectivity index (χ1v) is 8.88. The second kappa shape index (κ2) is 6.97. The summed E-state index contributed by atoms with van der Waals surface area (Å²) in [6.45, 7) is 1.53. The van der Waals surface area contributed by atoms with Crippen LogP contribution in [0.5, 0.6) is 0 Å². The van der Waals surface area contributed by atoms with Gasteiger partial charge in [0.05, 0.1) is 36.0 Å². The van der Waals surface area contributed by atoms with Gasteiger partial charge in [-0.15, -0.1) is 0 Å². The van der Waals surface area contributed by atoms with Crippen LogP contribution in [-0.4, -0.2) is 26.3 Å². The highest BCUT2D eigenvalue weighted by Crippen LogP contribution is 2.30. The highest BCUT2D eigenvalue weighted by Gasteiger charge is 2.30. The first-order valence-electron chi connectivity index (χ1n) is 8.50. The Morgan fingerprint density at radius 2 is 1.96 bits per heavy atom. The second-order valence-electron chi connectivity index (χ2n) is 6.53. The van der Waals surface area contributed by atoms with Gasteiger partial charge in [0.2, 0.25) is 0 Å². The number of benzene rings is 1. The molecule has 0 fully saturated rings. The smallest absolute Gasteiger partial charge is 0.362 e. The molecule has 3 heterocycles. The van der Waals surface area contributed by atoms with Crippen LogP contribution in [-0.2, 0) is 25.7 Å². The normalized spacial score (nSPS) is 14.2. The Morgan fingerprint density at radius 1 is 1.21 bits per heavy atom. The maximum absolute atomic E-state index is 12.7. The molecule has 3 aromatic rings. The van der Waals surface area contributed by atoms with Crippen LogP contribution in [0.3, 0.4) is 0 Å². The van der Waals surface area contributed by atoms with Crippen molar-refractivity contribution in [2.24, 2.45) is 0 Å². The van der Waals surface area contributed by atoms with Gasteiger partial charge in [-0.25, -0.2) is 10.1 Å². The number of H-pyrrole nitrogens is 1. The summed E-state index contributed by atoms with van der Waals surface area (Å²) in [6.07, 6.45) is -0.484. The van der Waals surface area contributed by atoms with Crippen LogP contribution in [0.4, 0.5) is 18.9 Å². The quantitative estimate of drug-likeness (QED) is 0.721. The second-order valence-corrected chi connectivity index (χ2v) is 6.91. The predicted molar refractivity (Wildman–Crippen MR) is 97.4 cm³/mol. The third-order valence-corrected chi connectivity index (χ3v) is 5.11. The molecule has 1 aromatic carbocycles. The minimum atomic E-state index is -4.34. The van der Waals surface area contributed by atoms with Crippen molar-refractivity contribution in [3.8, 4) is 0 Å². The summed E-state index contributed by atoms with van der Waals surface area (Å²) in [6, 6.07) is 5.13. The zero-order valence-electron chi connectivity index (χ0n) is 14.5. The van der Waals surface area contributed by atoms with Crippen molar-refractivity contribution < 1.29 is 13.2 Å². The number of fused-ring (bicyclic) bond motifs is 1. The van der Waals surface area contributed by atoms with Crippen molar-refractivity contribution in [3.05, 3.63) is 74.7 Å². The number of aromatic nitrogens is 4. The minimum absolute atomic E-state index is 0.0858. The fraction of sp³-hybridized carbons (Fsp3) is 0.278. The molecule has 4 rings (SSSR count). The topological polar surface area (TPSA) is 66.8 Å². The molecule has 146 valence electrons. The van der Waals surface area contributed by atoms with Crippen molar-refractivity contribution in [2.45, 2.75) is 25.7 Å². The summed E-state index contributed by atoms with van der Waals surface area (Å²) >= 11 is 6.08. The Kier molecular flexibility index (Phi) is 4.62. The molecule has 0 radical (unpaired) electrons. The molecule has 0 saturated heterocycles. The number of hydrogen-bond acceptors (Lipinski definition) is 4. The average Bonchev–Trinajstić information content (AvgIpc) is 3.06. The van der Waals surface area contributed by atoms with Crippen LogP contribution in [0, 0.1) is 0 Å². The summed E-state index contributed by atoms with van der Waals surface area (Å²) in [5.41, 5.74) is 2.06. The van der Waals surface area contributed by atoms with Crippen LogP contribution in [0.25, 0.3) is 0 Å². The summed E-state index contributed by atoms with van der Waals surface area (Å²) in [4.78, 5) is 18.0. The number of aromatic amines is 1. The van der Waals surface area contributed by atoms with Gasteiger partial charge in [-0.1, -0.05) is 23.7 Å². The zero-order chi connectivity index (χ0) is 19.9. The van der Waals surface area contributed by atoms with E-state index in [2.05, 4.69) is 15.2 Å². The van der Waals surface area contributed by atoms with E-state index >= 15 is 0 Å². The third kappa shape index (κ3) is 3.49. The maximum Gasteiger partial charge on any atom is 0.416 e. The van der Waals surface area contributed by atoms with E-state index < -0.39 is 17.3 Å². The molecule has 0 amide bonds. The van der Waals surface area contributed by atoms with E-state index in [1.807, 2.05) is 9.47 Å². The lowest BCUT2D eigenvalue weighted by molar-refractivity contribution is -0.137. The fourth-order valence-electron chi connectivity index (χ4n) is 3.30. The molecule has 28 heavy (non-hydrogen) atoms. The van der Waals surface area contributed by atoms with Crippen LogP contribution in [0.1, 0.15) is 22.5 Å². The lowest BCUT2D eigenvalue weighted by Gasteiger charge is -2.29. The number of hydrogen-bond donors (Lipinski definition) is 1. The van der Waals surface area contributed by atoms with Gasteiger partial charge >= 0.3 is 6.18 Å². The van der Waals surface area contributed by atoms with Gasteiger partial charge < -0.3 is 9.47 Å². The van der Waals surface area contributed by atoms with E-state index in [-0.39, 0.29) is 5.02 Å². The van der Waals surface area contributed by atoms with Gasteiger partial charge in [-0.3, -0.25) is 4.79 Å². The standard InChI is InChI=1S/C18H15ClF3N5O/c19-16-15(7-24-25-17(16)28)26-6-5-14-13(9-26)23-10-27(14)8-11-1-3-12(4-2-11)18(20,21)22/h1-4,7,10H,5-6,8-9H2,(H,25,28). The number of imidazole rings is 1. The van der Waals surface area contributed by atoms with E-state index in [1.165, 1.54) is 18.3 Å². The molecule has 0 atom stereocenters. The van der Waals surface area contributed by atoms with Crippen LogP contribution in [0.15, 0.2) is 41.6 Å². The molecule has 6 nitrogen and oxygen atoms in total. The van der Waals surface area contributed by atoms with Gasteiger partial charge in [0, 0.05) is 25.2 Å². The van der Waals surface area contributed by atoms with Gasteiger partial charge in [0.25, 0.3) is 5.56 Å². The number of alkyl halides is 3. The van der Waals surface area contributed by atoms with Crippen LogP contribution in [0.2, 0.25) is 5.02 Å². The molecule has 2 aromatic heterocycles. The lowest BCUT2D eigenvalue weighted by atomic mass is 10.1. The zero-order valence-corrected chi connectivity index (χ0v) is 15.3. The van der Waals surface area contributed by atoms with E-state index in [0.717, 1.165) is 29.1 Å². The molecule has 10 heteroatoms. The first-order chi connectivity index (χ1) is 13.3. The van der Waals surface area contributed by atoms with Gasteiger partial charge in [-0.2, -0.15) is 18.3 Å². The average molecular weight is 410 g/mol. The predicted octanol–water partition coefficient (Wildman–Crippen LogP) is 3.25. The van der Waals surface area contributed by atoms with Gasteiger partial charge in [0.1, 0.15) is 5.02 Å². The minimum Gasteiger partial charge on any atom is -0.362 e. The SMILES string of the molecule is O=c1[nH]ncc(N2CCc3c(ncn3Cc3ccc(C(F)(F)F)cc3)C2)c1Cl. The van der Waals surface area contributed by atoms with Crippen LogP contribution >= 0.6 is 11.6 Å². The molecule has 1 aliphatic heterocycles. The molecule has 0 spiro atoms. The van der Waals surface area contributed by atoms with Crippen molar-refractivity contribution >= 4 is 17.3 Å². The monoisotopic (exact) mass is 409 g/mol. The molecule has 0 aliphatic carbocycles. The summed E-state index contributed by atoms with van der Waals surface area (Å²) in [5, 5.41) is 6.17. The highest BCUT2D eigenvalue weighted by atomic mass is 35.5. The first kappa shape index (κ1) is 18.5. The number of anilines is 1. The lowest BCUT2D eigenvalue weighted by Crippen LogP contribution is -2.32. The number of nitrogens with one attached hydrogen (secondary N) is 1. The molecular weight excluding hydrogens is 395 g/mol. The fourth-order valence-corrected chi connectivity index (χ4v) is 3.51. The van der Waals surface area contributed by atoms with Crippen LogP contribution < -0.4 is 10.5 Å². The number of rotatable bonds is 3. The molecule has 0 saturated carbocycles. The van der Waals surface area contributed by atoms with Crippen molar-refractivity contribution in [3.63, 3.8) is 0 Å². The van der Waals surface area contributed by atoms with E-state index in [9.17, 15) is 18.0 Å². The molecule has 0 bridgehead atoms. The maximum atomic E-state index is 12.7. The Balaban J connectivity index is 1.53. The summed E-state index contributed by atoms with van der Waals surface area (Å²) in [5.74, 6) is 0. The van der Waals surface area contributed by atoms with E-state index in [1.54, 1.807) is 6.33 Å². The van der Waals surface area contributed by atoms with Crippen molar-refractivity contribution in [1.82, 2.24) is 19.7 Å². The Bertz CT molecular complexity index is 1060. The summed E-state index contributed by atoms with van der Waals surface area (Å²) in [7, 11) is 0. The van der Waals surface area contributed by atoms with Crippen molar-refractivity contribution in [2.75, 3.05) is 11.4 Å². The highest BCUT2D eigenvalue weighted by molar-refractivity contribution is 6.32. The molecular formula is C18H15ClF3N5O. The molecule has 1 aliphatic rings. The third-order valence-electron chi connectivity index (χ3n) is 4.74. The Morgan fingerprint density at radius 3 is 2.68 bits per heavy atom. The van der Waals surface area contributed by atoms with Gasteiger partial charge in [0.15, 0.2) is 0 Å². The van der Waals surface area contributed by atoms with E-state index in [4.69, 9.17) is 11.6 Å². The molecule has 1 N–H and O–H groups in total. The van der Waals surface area contributed by atoms with E-state index in [0.29, 0.717) is 31.7 Å². The Labute approximate surface area is 162 Å². The molecule has 0 unspecified atom stereocenters. The Hall–Kier alpha value is -2.81. The van der Waals surface area contributed by atoms with Crippen molar-refractivity contribution in [1.29, 1.82) is 0 Å². The number of nitrogens with zero attached hydrogens (tertiary/aromatic N) is 4. The van der Waals surface area contributed by atoms with Gasteiger partial charge in [-0.05, 0) is 17.7 Å². The number of halogens is 4. The largest absolute Gasteiger partial charge is 0.416 e.